The maximum Gasteiger partial charge on any atom is 0.250 e. The Bertz CT molecular complexity index is 1050. The molecule has 26 heavy (non-hydrogen) atoms. The molecule has 2 bridgehead atoms. The van der Waals surface area contributed by atoms with Crippen molar-refractivity contribution in [2.45, 2.75) is 39.3 Å². The minimum Gasteiger partial charge on any atom is -0.312 e. The highest BCUT2D eigenvalue weighted by atomic mass is 16.1. The average Bonchev–Trinajstić information content (AvgIpc) is 2.98. The fraction of sp³-hybridized carbons (Fsp3) is 0.450. The van der Waals surface area contributed by atoms with Gasteiger partial charge in [0, 0.05) is 61.4 Å². The molecule has 134 valence electrons. The van der Waals surface area contributed by atoms with Gasteiger partial charge in [0.25, 0.3) is 5.56 Å². The van der Waals surface area contributed by atoms with Gasteiger partial charge in [-0.05, 0) is 38.3 Å². The quantitative estimate of drug-likeness (QED) is 0.711. The number of hydrogen-bond acceptors (Lipinski definition) is 4. The van der Waals surface area contributed by atoms with Gasteiger partial charge in [-0.1, -0.05) is 6.07 Å². The Morgan fingerprint density at radius 2 is 2.04 bits per heavy atom. The summed E-state index contributed by atoms with van der Waals surface area (Å²) >= 11 is 0. The van der Waals surface area contributed by atoms with E-state index in [9.17, 15) is 4.79 Å². The molecule has 1 saturated heterocycles. The Morgan fingerprint density at radius 1 is 1.15 bits per heavy atom. The zero-order chi connectivity index (χ0) is 17.8. The number of hydrogen-bond donors (Lipinski definition) is 0. The summed E-state index contributed by atoms with van der Waals surface area (Å²) in [5.41, 5.74) is 4.57. The van der Waals surface area contributed by atoms with Crippen molar-refractivity contribution in [2.24, 2.45) is 5.92 Å². The molecule has 0 amide bonds. The number of nitrogens with zero attached hydrogens (tertiary/aromatic N) is 5. The van der Waals surface area contributed by atoms with E-state index in [2.05, 4.69) is 39.5 Å². The Balaban J connectivity index is 1.41. The Labute approximate surface area is 152 Å². The third kappa shape index (κ3) is 2.56. The molecule has 2 atom stereocenters. The number of imidazole rings is 1. The predicted octanol–water partition coefficient (Wildman–Crippen LogP) is 2.13. The van der Waals surface area contributed by atoms with Crippen LogP contribution in [0.25, 0.3) is 5.78 Å². The number of fused-ring (bicyclic) bond motifs is 5. The molecule has 0 N–H and O–H groups in total. The van der Waals surface area contributed by atoms with Crippen LogP contribution in [0.4, 0.5) is 0 Å². The van der Waals surface area contributed by atoms with E-state index >= 15 is 0 Å². The van der Waals surface area contributed by atoms with Crippen LogP contribution in [0.5, 0.6) is 0 Å². The van der Waals surface area contributed by atoms with Crippen molar-refractivity contribution in [1.29, 1.82) is 0 Å². The molecule has 0 aromatic carbocycles. The van der Waals surface area contributed by atoms with Crippen LogP contribution in [-0.4, -0.2) is 36.9 Å². The van der Waals surface area contributed by atoms with Crippen LogP contribution in [0.15, 0.2) is 35.3 Å². The standard InChI is InChI=1S/C20H23N5O/c1-13-6-14(2)24-12-17(22-20(24)21-13)11-23-8-15-7-16(10-23)18-4-3-5-19(26)25(18)9-15/h3-6,12,15-16H,7-11H2,1-2H3. The van der Waals surface area contributed by atoms with Gasteiger partial charge in [0.15, 0.2) is 0 Å². The molecule has 2 unspecified atom stereocenters. The number of aromatic nitrogens is 4. The van der Waals surface area contributed by atoms with Crippen molar-refractivity contribution in [3.63, 3.8) is 0 Å². The van der Waals surface area contributed by atoms with E-state index in [-0.39, 0.29) is 5.56 Å². The number of piperidine rings is 1. The van der Waals surface area contributed by atoms with Crippen molar-refractivity contribution in [3.05, 3.63) is 63.6 Å². The molecule has 5 rings (SSSR count). The molecule has 6 heteroatoms. The second-order valence-corrected chi connectivity index (χ2v) is 7.83. The third-order valence-electron chi connectivity index (χ3n) is 5.75. The molecule has 0 aliphatic carbocycles. The molecule has 1 fully saturated rings. The summed E-state index contributed by atoms with van der Waals surface area (Å²) in [6.45, 7) is 7.79. The summed E-state index contributed by atoms with van der Waals surface area (Å²) in [5, 5.41) is 0. The largest absolute Gasteiger partial charge is 0.312 e. The predicted molar refractivity (Wildman–Crippen MR) is 99.3 cm³/mol. The first kappa shape index (κ1) is 15.8. The lowest BCUT2D eigenvalue weighted by Crippen LogP contribution is -2.46. The van der Waals surface area contributed by atoms with Gasteiger partial charge in [0.05, 0.1) is 5.69 Å². The highest BCUT2D eigenvalue weighted by molar-refractivity contribution is 5.34. The van der Waals surface area contributed by atoms with Gasteiger partial charge >= 0.3 is 0 Å². The van der Waals surface area contributed by atoms with E-state index in [1.807, 2.05) is 17.6 Å². The summed E-state index contributed by atoms with van der Waals surface area (Å²) in [6.07, 6.45) is 3.30. The second-order valence-electron chi connectivity index (χ2n) is 7.83. The first-order valence-corrected chi connectivity index (χ1v) is 9.31. The Kier molecular flexibility index (Phi) is 3.50. The summed E-state index contributed by atoms with van der Waals surface area (Å²) in [4.78, 5) is 23.9. The first-order chi connectivity index (χ1) is 12.6. The molecule has 5 heterocycles. The zero-order valence-electron chi connectivity index (χ0n) is 15.2. The van der Waals surface area contributed by atoms with Crippen molar-refractivity contribution in [2.75, 3.05) is 13.1 Å². The van der Waals surface area contributed by atoms with E-state index in [0.717, 1.165) is 49.0 Å². The fourth-order valence-corrected chi connectivity index (χ4v) is 4.75. The lowest BCUT2D eigenvalue weighted by molar-refractivity contribution is 0.113. The minimum absolute atomic E-state index is 0.142. The Hall–Kier alpha value is -2.47. The molecule has 0 radical (unpaired) electrons. The molecule has 2 aliphatic heterocycles. The molecule has 0 saturated carbocycles. The smallest absolute Gasteiger partial charge is 0.250 e. The van der Waals surface area contributed by atoms with Gasteiger partial charge in [-0.15, -0.1) is 0 Å². The van der Waals surface area contributed by atoms with Crippen LogP contribution in [0.2, 0.25) is 0 Å². The third-order valence-corrected chi connectivity index (χ3v) is 5.75. The highest BCUT2D eigenvalue weighted by Crippen LogP contribution is 2.35. The maximum absolute atomic E-state index is 12.2. The lowest BCUT2D eigenvalue weighted by atomic mass is 9.83. The molecular formula is C20H23N5O. The van der Waals surface area contributed by atoms with Crippen molar-refractivity contribution in [1.82, 2.24) is 23.8 Å². The highest BCUT2D eigenvalue weighted by Gasteiger charge is 2.34. The molecule has 2 aliphatic rings. The Morgan fingerprint density at radius 3 is 2.92 bits per heavy atom. The summed E-state index contributed by atoms with van der Waals surface area (Å²) in [6, 6.07) is 7.77. The zero-order valence-corrected chi connectivity index (χ0v) is 15.2. The monoisotopic (exact) mass is 349 g/mol. The normalized spacial score (nSPS) is 22.5. The van der Waals surface area contributed by atoms with Gasteiger partial charge in [-0.3, -0.25) is 14.1 Å². The molecule has 0 spiro atoms. The van der Waals surface area contributed by atoms with E-state index in [1.165, 1.54) is 12.1 Å². The van der Waals surface area contributed by atoms with Crippen molar-refractivity contribution < 1.29 is 0 Å². The molecular weight excluding hydrogens is 326 g/mol. The van der Waals surface area contributed by atoms with E-state index in [4.69, 9.17) is 4.98 Å². The summed E-state index contributed by atoms with van der Waals surface area (Å²) < 4.78 is 4.05. The maximum atomic E-state index is 12.2. The summed E-state index contributed by atoms with van der Waals surface area (Å²) in [7, 11) is 0. The van der Waals surface area contributed by atoms with Crippen LogP contribution < -0.4 is 5.56 Å². The number of pyridine rings is 1. The van der Waals surface area contributed by atoms with Gasteiger partial charge in [0.2, 0.25) is 5.78 Å². The van der Waals surface area contributed by atoms with Crippen LogP contribution in [0.3, 0.4) is 0 Å². The number of aryl methyl sites for hydroxylation is 2. The van der Waals surface area contributed by atoms with Gasteiger partial charge < -0.3 is 4.57 Å². The number of rotatable bonds is 2. The lowest BCUT2D eigenvalue weighted by Gasteiger charge is -2.42. The molecule has 3 aromatic heterocycles. The SMILES string of the molecule is Cc1cc(C)n2cc(CN3CC4CC(C3)c3cccc(=O)n3C4)nc2n1. The molecule has 3 aromatic rings. The van der Waals surface area contributed by atoms with Crippen molar-refractivity contribution >= 4 is 5.78 Å². The van der Waals surface area contributed by atoms with Crippen LogP contribution in [0, 0.1) is 19.8 Å². The van der Waals surface area contributed by atoms with Gasteiger partial charge in [0.1, 0.15) is 0 Å². The average molecular weight is 349 g/mol. The second kappa shape index (κ2) is 5.77. The first-order valence-electron chi connectivity index (χ1n) is 9.31. The van der Waals surface area contributed by atoms with Gasteiger partial charge in [-0.25, -0.2) is 9.97 Å². The van der Waals surface area contributed by atoms with Crippen LogP contribution in [0.1, 0.15) is 35.1 Å². The van der Waals surface area contributed by atoms with E-state index in [0.29, 0.717) is 11.8 Å². The van der Waals surface area contributed by atoms with Crippen LogP contribution in [-0.2, 0) is 13.1 Å². The van der Waals surface area contributed by atoms with Crippen molar-refractivity contribution in [3.8, 4) is 0 Å². The molecule has 6 nitrogen and oxygen atoms in total. The van der Waals surface area contributed by atoms with Gasteiger partial charge in [-0.2, -0.15) is 0 Å². The summed E-state index contributed by atoms with van der Waals surface area (Å²) in [5.74, 6) is 1.77. The van der Waals surface area contributed by atoms with Crippen LogP contribution >= 0.6 is 0 Å². The fourth-order valence-electron chi connectivity index (χ4n) is 4.75. The van der Waals surface area contributed by atoms with E-state index < -0.39 is 0 Å². The topological polar surface area (TPSA) is 55.4 Å². The van der Waals surface area contributed by atoms with E-state index in [1.54, 1.807) is 6.07 Å². The number of likely N-dealkylation sites (tertiary alicyclic amines) is 1. The minimum atomic E-state index is 0.142.